The molecule has 2 aromatic carbocycles. The van der Waals surface area contributed by atoms with Crippen molar-refractivity contribution in [3.63, 3.8) is 0 Å². The molecule has 2 aromatic rings. The van der Waals surface area contributed by atoms with E-state index in [1.807, 2.05) is 31.2 Å². The fourth-order valence-corrected chi connectivity index (χ4v) is 2.27. The molecule has 0 unspecified atom stereocenters. The number of phenolic OH excluding ortho intramolecular Hbond substituents is 1. The average molecular weight is 343 g/mol. The minimum atomic E-state index is -0.533. The number of aryl methyl sites for hydroxylation is 1. The van der Waals surface area contributed by atoms with Gasteiger partial charge in [-0.15, -0.1) is 0 Å². The van der Waals surface area contributed by atoms with Crippen LogP contribution in [0.2, 0.25) is 0 Å². The Morgan fingerprint density at radius 1 is 1.12 bits per heavy atom. The number of phenols is 1. The normalized spacial score (nSPS) is 11.0. The van der Waals surface area contributed by atoms with Crippen LogP contribution < -0.4 is 10.1 Å². The zero-order valence-corrected chi connectivity index (χ0v) is 15.1. The highest BCUT2D eigenvalue weighted by atomic mass is 16.6. The van der Waals surface area contributed by atoms with Crippen molar-refractivity contribution in [1.82, 2.24) is 5.32 Å². The fraction of sp³-hybridized carbons (Fsp3) is 0.350. The van der Waals surface area contributed by atoms with Gasteiger partial charge in [0, 0.05) is 0 Å². The highest BCUT2D eigenvalue weighted by Crippen LogP contribution is 2.31. The number of alkyl carbamates (subject to hydrolysis) is 1. The van der Waals surface area contributed by atoms with Crippen LogP contribution in [0.5, 0.6) is 11.5 Å². The third-order valence-corrected chi connectivity index (χ3v) is 3.34. The van der Waals surface area contributed by atoms with E-state index in [4.69, 9.17) is 9.47 Å². The second-order valence-corrected chi connectivity index (χ2v) is 6.83. The van der Waals surface area contributed by atoms with E-state index in [0.717, 1.165) is 16.7 Å². The molecule has 0 atom stereocenters. The number of rotatable bonds is 5. The summed E-state index contributed by atoms with van der Waals surface area (Å²) in [5.41, 5.74) is 2.58. The maximum absolute atomic E-state index is 11.5. The summed E-state index contributed by atoms with van der Waals surface area (Å²) in [5.74, 6) is 0.443. The summed E-state index contributed by atoms with van der Waals surface area (Å²) in [6, 6.07) is 13.3. The van der Waals surface area contributed by atoms with Crippen LogP contribution in [0.15, 0.2) is 42.5 Å². The SMILES string of the molecule is Cc1cccc(-c2ccc(OCCNC(=O)OC(C)(C)C)c(O)c2)c1. The molecular weight excluding hydrogens is 318 g/mol. The van der Waals surface area contributed by atoms with Crippen molar-refractivity contribution in [2.75, 3.05) is 13.2 Å². The molecule has 25 heavy (non-hydrogen) atoms. The molecule has 134 valence electrons. The van der Waals surface area contributed by atoms with Gasteiger partial charge < -0.3 is 19.9 Å². The second-order valence-electron chi connectivity index (χ2n) is 6.83. The van der Waals surface area contributed by atoms with Crippen molar-refractivity contribution in [1.29, 1.82) is 0 Å². The van der Waals surface area contributed by atoms with E-state index in [9.17, 15) is 9.90 Å². The third kappa shape index (κ3) is 6.03. The molecule has 2 N–H and O–H groups in total. The van der Waals surface area contributed by atoms with Gasteiger partial charge in [0.25, 0.3) is 0 Å². The van der Waals surface area contributed by atoms with Gasteiger partial charge in [-0.3, -0.25) is 0 Å². The molecule has 0 heterocycles. The van der Waals surface area contributed by atoms with Crippen LogP contribution in [0, 0.1) is 6.92 Å². The van der Waals surface area contributed by atoms with Crippen LogP contribution in [-0.2, 0) is 4.74 Å². The van der Waals surface area contributed by atoms with Crippen LogP contribution in [0.4, 0.5) is 4.79 Å². The van der Waals surface area contributed by atoms with Gasteiger partial charge in [-0.25, -0.2) is 4.79 Å². The lowest BCUT2D eigenvalue weighted by Crippen LogP contribution is -2.34. The Labute approximate surface area is 148 Å². The van der Waals surface area contributed by atoms with Crippen LogP contribution >= 0.6 is 0 Å². The van der Waals surface area contributed by atoms with E-state index in [1.165, 1.54) is 0 Å². The molecule has 0 aliphatic carbocycles. The topological polar surface area (TPSA) is 67.8 Å². The molecule has 0 fully saturated rings. The maximum Gasteiger partial charge on any atom is 0.407 e. The number of aromatic hydroxyl groups is 1. The van der Waals surface area contributed by atoms with E-state index in [1.54, 1.807) is 32.9 Å². The minimum Gasteiger partial charge on any atom is -0.504 e. The molecule has 5 heteroatoms. The molecule has 0 bridgehead atoms. The summed E-state index contributed by atoms with van der Waals surface area (Å²) in [6.07, 6.45) is -0.491. The monoisotopic (exact) mass is 343 g/mol. The molecule has 0 aliphatic heterocycles. The fourth-order valence-electron chi connectivity index (χ4n) is 2.27. The first-order valence-electron chi connectivity index (χ1n) is 8.24. The van der Waals surface area contributed by atoms with Gasteiger partial charge in [0.1, 0.15) is 12.2 Å². The summed E-state index contributed by atoms with van der Waals surface area (Å²) in [5, 5.41) is 12.8. The number of carbonyl (C=O) groups excluding carboxylic acids is 1. The zero-order valence-electron chi connectivity index (χ0n) is 15.1. The van der Waals surface area contributed by atoms with Crippen LogP contribution in [0.3, 0.4) is 0 Å². The van der Waals surface area contributed by atoms with E-state index in [-0.39, 0.29) is 18.9 Å². The Hall–Kier alpha value is -2.69. The Kier molecular flexibility index (Phi) is 5.91. The lowest BCUT2D eigenvalue weighted by molar-refractivity contribution is 0.0520. The van der Waals surface area contributed by atoms with Crippen molar-refractivity contribution in [3.05, 3.63) is 48.0 Å². The number of hydrogen-bond donors (Lipinski definition) is 2. The van der Waals surface area contributed by atoms with Crippen LogP contribution in [0.1, 0.15) is 26.3 Å². The van der Waals surface area contributed by atoms with Gasteiger partial charge in [-0.1, -0.05) is 35.9 Å². The lowest BCUT2D eigenvalue weighted by atomic mass is 10.0. The first-order chi connectivity index (χ1) is 11.7. The van der Waals surface area contributed by atoms with Crippen LogP contribution in [0.25, 0.3) is 11.1 Å². The van der Waals surface area contributed by atoms with Gasteiger partial charge in [0.05, 0.1) is 6.54 Å². The smallest absolute Gasteiger partial charge is 0.407 e. The van der Waals surface area contributed by atoms with Gasteiger partial charge in [0.2, 0.25) is 0 Å². The lowest BCUT2D eigenvalue weighted by Gasteiger charge is -2.19. The van der Waals surface area contributed by atoms with E-state index in [2.05, 4.69) is 11.4 Å². The summed E-state index contributed by atoms with van der Waals surface area (Å²) >= 11 is 0. The number of carbonyl (C=O) groups is 1. The van der Waals surface area contributed by atoms with Crippen molar-refractivity contribution in [2.24, 2.45) is 0 Å². The summed E-state index contributed by atoms with van der Waals surface area (Å²) in [7, 11) is 0. The zero-order chi connectivity index (χ0) is 18.4. The Morgan fingerprint density at radius 2 is 1.84 bits per heavy atom. The van der Waals surface area contributed by atoms with Gasteiger partial charge in [-0.2, -0.15) is 0 Å². The minimum absolute atomic E-state index is 0.0660. The predicted octanol–water partition coefficient (Wildman–Crippen LogP) is 4.27. The second kappa shape index (κ2) is 7.92. The first-order valence-corrected chi connectivity index (χ1v) is 8.24. The maximum atomic E-state index is 11.5. The highest BCUT2D eigenvalue weighted by Gasteiger charge is 2.15. The van der Waals surface area contributed by atoms with Gasteiger partial charge in [0.15, 0.2) is 11.5 Å². The van der Waals surface area contributed by atoms with Crippen molar-refractivity contribution < 1.29 is 19.4 Å². The molecular formula is C20H25NO4. The number of ether oxygens (including phenoxy) is 2. The average Bonchev–Trinajstić information content (AvgIpc) is 2.51. The molecule has 0 radical (unpaired) electrons. The number of nitrogens with one attached hydrogen (secondary N) is 1. The Bertz CT molecular complexity index is 735. The van der Waals surface area contributed by atoms with Crippen LogP contribution in [-0.4, -0.2) is 30.0 Å². The summed E-state index contributed by atoms with van der Waals surface area (Å²) in [4.78, 5) is 11.5. The Balaban J connectivity index is 1.88. The van der Waals surface area contributed by atoms with Gasteiger partial charge >= 0.3 is 6.09 Å². The summed E-state index contributed by atoms with van der Waals surface area (Å²) < 4.78 is 10.6. The quantitative estimate of drug-likeness (QED) is 0.796. The predicted molar refractivity (Wildman–Crippen MR) is 98.0 cm³/mol. The first kappa shape index (κ1) is 18.6. The molecule has 2 rings (SSSR count). The summed E-state index contributed by atoms with van der Waals surface area (Å²) in [6.45, 7) is 7.95. The van der Waals surface area contributed by atoms with Gasteiger partial charge in [-0.05, 0) is 51.0 Å². The molecule has 0 aliphatic rings. The molecule has 1 amide bonds. The molecule has 0 spiro atoms. The largest absolute Gasteiger partial charge is 0.504 e. The molecule has 0 saturated heterocycles. The number of benzene rings is 2. The van der Waals surface area contributed by atoms with E-state index >= 15 is 0 Å². The number of hydrogen-bond acceptors (Lipinski definition) is 4. The van der Waals surface area contributed by atoms with Crippen molar-refractivity contribution in [3.8, 4) is 22.6 Å². The van der Waals surface area contributed by atoms with E-state index < -0.39 is 11.7 Å². The Morgan fingerprint density at radius 3 is 2.48 bits per heavy atom. The molecule has 5 nitrogen and oxygen atoms in total. The van der Waals surface area contributed by atoms with Crippen molar-refractivity contribution >= 4 is 6.09 Å². The highest BCUT2D eigenvalue weighted by molar-refractivity contribution is 5.68. The standard InChI is InChI=1S/C20H25NO4/c1-14-6-5-7-15(12-14)16-8-9-18(17(22)13-16)24-11-10-21-19(23)25-20(2,3)4/h5-9,12-13,22H,10-11H2,1-4H3,(H,21,23). The molecule has 0 aromatic heterocycles. The van der Waals surface area contributed by atoms with Crippen molar-refractivity contribution in [2.45, 2.75) is 33.3 Å². The third-order valence-electron chi connectivity index (χ3n) is 3.34. The van der Waals surface area contributed by atoms with E-state index in [0.29, 0.717) is 5.75 Å². The number of amides is 1. The molecule has 0 saturated carbocycles.